The van der Waals surface area contributed by atoms with Gasteiger partial charge in [0.15, 0.2) is 0 Å². The summed E-state index contributed by atoms with van der Waals surface area (Å²) in [6, 6.07) is 5.46. The standard InChI is InChI=1S/C12H13FN2O5/c13-8-3-1-2-4-9(8)14-10(16)5-15(6-11(17)18)7-12(19)20/h1-4H,5-7H2,(H,14,16)(H,17,18)(H,19,20). The Bertz CT molecular complexity index is 504. The summed E-state index contributed by atoms with van der Waals surface area (Å²) in [6.07, 6.45) is 0. The van der Waals surface area contributed by atoms with E-state index >= 15 is 0 Å². The van der Waals surface area contributed by atoms with Crippen molar-refractivity contribution in [3.63, 3.8) is 0 Å². The number of aliphatic carboxylic acids is 2. The maximum absolute atomic E-state index is 13.3. The van der Waals surface area contributed by atoms with Gasteiger partial charge in [-0.25, -0.2) is 4.39 Å². The van der Waals surface area contributed by atoms with Gasteiger partial charge in [-0.3, -0.25) is 19.3 Å². The lowest BCUT2D eigenvalue weighted by Gasteiger charge is -2.17. The van der Waals surface area contributed by atoms with E-state index in [1.807, 2.05) is 0 Å². The highest BCUT2D eigenvalue weighted by Crippen LogP contribution is 2.12. The van der Waals surface area contributed by atoms with Crippen molar-refractivity contribution in [2.75, 3.05) is 25.0 Å². The number of rotatable bonds is 7. The molecule has 0 unspecified atom stereocenters. The van der Waals surface area contributed by atoms with Gasteiger partial charge in [0.05, 0.1) is 25.3 Å². The molecule has 0 spiro atoms. The fourth-order valence-electron chi connectivity index (χ4n) is 1.51. The van der Waals surface area contributed by atoms with Gasteiger partial charge in [-0.15, -0.1) is 0 Å². The number of halogens is 1. The van der Waals surface area contributed by atoms with Crippen molar-refractivity contribution in [2.45, 2.75) is 0 Å². The van der Waals surface area contributed by atoms with E-state index in [0.29, 0.717) is 0 Å². The molecule has 8 heteroatoms. The van der Waals surface area contributed by atoms with Crippen molar-refractivity contribution in [3.8, 4) is 0 Å². The maximum atomic E-state index is 13.3. The third-order valence-electron chi connectivity index (χ3n) is 2.23. The normalized spacial score (nSPS) is 10.3. The molecule has 0 fully saturated rings. The van der Waals surface area contributed by atoms with Crippen LogP contribution in [-0.4, -0.2) is 52.6 Å². The van der Waals surface area contributed by atoms with Crippen LogP contribution in [-0.2, 0) is 14.4 Å². The minimum Gasteiger partial charge on any atom is -0.480 e. The summed E-state index contributed by atoms with van der Waals surface area (Å²) in [5.41, 5.74) is -0.0527. The minimum atomic E-state index is -1.26. The third-order valence-corrected chi connectivity index (χ3v) is 2.23. The van der Waals surface area contributed by atoms with Gasteiger partial charge in [-0.05, 0) is 12.1 Å². The molecule has 1 amide bonds. The molecule has 0 aliphatic carbocycles. The molecule has 1 aromatic rings. The first-order valence-corrected chi connectivity index (χ1v) is 5.59. The lowest BCUT2D eigenvalue weighted by molar-refractivity contribution is -0.142. The predicted octanol–water partition coefficient (Wildman–Crippen LogP) is 0.235. The number of nitrogens with one attached hydrogen (secondary N) is 1. The van der Waals surface area contributed by atoms with Crippen molar-refractivity contribution in [1.82, 2.24) is 4.90 Å². The van der Waals surface area contributed by atoms with Gasteiger partial charge in [-0.1, -0.05) is 12.1 Å². The average molecular weight is 284 g/mol. The molecule has 0 aliphatic rings. The van der Waals surface area contributed by atoms with Gasteiger partial charge >= 0.3 is 11.9 Å². The van der Waals surface area contributed by atoms with Gasteiger partial charge in [0.25, 0.3) is 0 Å². The first-order valence-electron chi connectivity index (χ1n) is 5.59. The molecular formula is C12H13FN2O5. The van der Waals surface area contributed by atoms with Crippen LogP contribution < -0.4 is 5.32 Å². The Morgan fingerprint density at radius 1 is 1.05 bits per heavy atom. The second-order valence-corrected chi connectivity index (χ2v) is 3.96. The van der Waals surface area contributed by atoms with Gasteiger partial charge in [0, 0.05) is 0 Å². The van der Waals surface area contributed by atoms with E-state index < -0.39 is 43.3 Å². The highest BCUT2D eigenvalue weighted by molar-refractivity contribution is 5.92. The second kappa shape index (κ2) is 7.19. The number of benzene rings is 1. The predicted molar refractivity (Wildman–Crippen MR) is 66.7 cm³/mol. The van der Waals surface area contributed by atoms with Crippen molar-refractivity contribution >= 4 is 23.5 Å². The Morgan fingerprint density at radius 3 is 2.10 bits per heavy atom. The number of para-hydroxylation sites is 1. The number of nitrogens with zero attached hydrogens (tertiary/aromatic N) is 1. The zero-order valence-corrected chi connectivity index (χ0v) is 10.4. The molecule has 0 heterocycles. The van der Waals surface area contributed by atoms with Crippen LogP contribution in [0.5, 0.6) is 0 Å². The van der Waals surface area contributed by atoms with Crippen LogP contribution in [0.1, 0.15) is 0 Å². The monoisotopic (exact) mass is 284 g/mol. The summed E-state index contributed by atoms with van der Waals surface area (Å²) in [7, 11) is 0. The Labute approximate surface area is 113 Å². The Balaban J connectivity index is 2.64. The first kappa shape index (κ1) is 15.6. The zero-order valence-electron chi connectivity index (χ0n) is 10.4. The largest absolute Gasteiger partial charge is 0.480 e. The summed E-state index contributed by atoms with van der Waals surface area (Å²) in [5, 5.41) is 19.5. The smallest absolute Gasteiger partial charge is 0.317 e. The highest BCUT2D eigenvalue weighted by Gasteiger charge is 2.17. The number of hydrogen-bond donors (Lipinski definition) is 3. The molecule has 0 atom stereocenters. The van der Waals surface area contributed by atoms with Crippen LogP contribution in [0, 0.1) is 5.82 Å². The number of hydrogen-bond acceptors (Lipinski definition) is 4. The van der Waals surface area contributed by atoms with Gasteiger partial charge in [0.1, 0.15) is 5.82 Å². The molecule has 1 aromatic carbocycles. The molecular weight excluding hydrogens is 271 g/mol. The minimum absolute atomic E-state index is 0.0527. The van der Waals surface area contributed by atoms with Crippen molar-refractivity contribution in [2.24, 2.45) is 0 Å². The molecule has 3 N–H and O–H groups in total. The number of carbonyl (C=O) groups excluding carboxylic acids is 1. The number of amides is 1. The summed E-state index contributed by atoms with van der Waals surface area (Å²) in [5.74, 6) is -3.85. The SMILES string of the molecule is O=C(O)CN(CC(=O)O)CC(=O)Nc1ccccc1F. The second-order valence-electron chi connectivity index (χ2n) is 3.96. The molecule has 20 heavy (non-hydrogen) atoms. The Hall–Kier alpha value is -2.48. The van der Waals surface area contributed by atoms with E-state index in [1.165, 1.54) is 18.2 Å². The first-order chi connectivity index (χ1) is 9.38. The highest BCUT2D eigenvalue weighted by atomic mass is 19.1. The van der Waals surface area contributed by atoms with E-state index in [2.05, 4.69) is 5.32 Å². The van der Waals surface area contributed by atoms with Gasteiger partial charge in [-0.2, -0.15) is 0 Å². The molecule has 0 aliphatic heterocycles. The third kappa shape index (κ3) is 5.44. The summed E-state index contributed by atoms with van der Waals surface area (Å²) >= 11 is 0. The Morgan fingerprint density at radius 2 is 1.60 bits per heavy atom. The summed E-state index contributed by atoms with van der Waals surface area (Å²) in [4.78, 5) is 33.7. The van der Waals surface area contributed by atoms with Crippen molar-refractivity contribution in [3.05, 3.63) is 30.1 Å². The quantitative estimate of drug-likeness (QED) is 0.662. The van der Waals surface area contributed by atoms with E-state index in [0.717, 1.165) is 11.0 Å². The van der Waals surface area contributed by atoms with E-state index in [9.17, 15) is 18.8 Å². The Kier molecular flexibility index (Phi) is 5.60. The lowest BCUT2D eigenvalue weighted by atomic mass is 10.3. The molecule has 108 valence electrons. The van der Waals surface area contributed by atoms with Crippen LogP contribution >= 0.6 is 0 Å². The van der Waals surface area contributed by atoms with Crippen LogP contribution in [0.25, 0.3) is 0 Å². The molecule has 1 rings (SSSR count). The molecule has 0 radical (unpaired) electrons. The van der Waals surface area contributed by atoms with E-state index in [4.69, 9.17) is 10.2 Å². The molecule has 0 saturated heterocycles. The molecule has 7 nitrogen and oxygen atoms in total. The number of anilines is 1. The number of carboxylic acid groups (broad SMARTS) is 2. The average Bonchev–Trinajstić information content (AvgIpc) is 2.30. The fourth-order valence-corrected chi connectivity index (χ4v) is 1.51. The molecule has 0 aromatic heterocycles. The van der Waals surface area contributed by atoms with Crippen molar-refractivity contribution in [1.29, 1.82) is 0 Å². The van der Waals surface area contributed by atoms with Crippen LogP contribution in [0.2, 0.25) is 0 Å². The molecule has 0 saturated carbocycles. The van der Waals surface area contributed by atoms with Gasteiger partial charge < -0.3 is 15.5 Å². The van der Waals surface area contributed by atoms with Crippen molar-refractivity contribution < 1.29 is 29.0 Å². The number of carbonyl (C=O) groups is 3. The lowest BCUT2D eigenvalue weighted by Crippen LogP contribution is -2.40. The fraction of sp³-hybridized carbons (Fsp3) is 0.250. The van der Waals surface area contributed by atoms with Gasteiger partial charge in [0.2, 0.25) is 5.91 Å². The van der Waals surface area contributed by atoms with Crippen LogP contribution in [0.3, 0.4) is 0 Å². The van der Waals surface area contributed by atoms with E-state index in [-0.39, 0.29) is 5.69 Å². The summed E-state index contributed by atoms with van der Waals surface area (Å²) < 4.78 is 13.3. The zero-order chi connectivity index (χ0) is 15.1. The maximum Gasteiger partial charge on any atom is 0.317 e. The van der Waals surface area contributed by atoms with E-state index in [1.54, 1.807) is 0 Å². The number of carboxylic acids is 2. The topological polar surface area (TPSA) is 107 Å². The van der Waals surface area contributed by atoms with Crippen LogP contribution in [0.4, 0.5) is 10.1 Å². The van der Waals surface area contributed by atoms with Crippen LogP contribution in [0.15, 0.2) is 24.3 Å². The molecule has 0 bridgehead atoms. The summed E-state index contributed by atoms with van der Waals surface area (Å²) in [6.45, 7) is -1.67.